The number of nitrogens with one attached hydrogen (secondary N) is 1. The third-order valence-electron chi connectivity index (χ3n) is 2.45. The summed E-state index contributed by atoms with van der Waals surface area (Å²) in [6.07, 6.45) is -1.24. The lowest BCUT2D eigenvalue weighted by atomic mass is 10.1. The minimum absolute atomic E-state index is 0.172. The summed E-state index contributed by atoms with van der Waals surface area (Å²) in [6, 6.07) is 5.35. The Kier molecular flexibility index (Phi) is 5.62. The fourth-order valence-electron chi connectivity index (χ4n) is 1.52. The quantitative estimate of drug-likeness (QED) is 0.877. The molecule has 0 aliphatic carbocycles. The monoisotopic (exact) mass is 315 g/mol. The van der Waals surface area contributed by atoms with Crippen molar-refractivity contribution in [3.8, 4) is 5.75 Å². The Morgan fingerprint density at radius 3 is 2.72 bits per heavy atom. The molecule has 0 heterocycles. The van der Waals surface area contributed by atoms with Gasteiger partial charge >= 0.3 is 0 Å². The van der Waals surface area contributed by atoms with E-state index in [1.807, 2.05) is 13.0 Å². The van der Waals surface area contributed by atoms with Crippen molar-refractivity contribution in [3.05, 3.63) is 28.2 Å². The van der Waals surface area contributed by atoms with Crippen LogP contribution in [0.15, 0.2) is 22.7 Å². The SMILES string of the molecule is CCNC(=O)C(C)Oc1cc(Br)ccc1[C@@H](C)O. The van der Waals surface area contributed by atoms with Gasteiger partial charge in [0.15, 0.2) is 6.10 Å². The molecular weight excluding hydrogens is 298 g/mol. The molecule has 1 aromatic carbocycles. The summed E-state index contributed by atoms with van der Waals surface area (Å²) in [5.74, 6) is 0.340. The smallest absolute Gasteiger partial charge is 0.260 e. The molecule has 2 atom stereocenters. The van der Waals surface area contributed by atoms with E-state index in [2.05, 4.69) is 21.2 Å². The van der Waals surface area contributed by atoms with Gasteiger partial charge in [-0.2, -0.15) is 0 Å². The van der Waals surface area contributed by atoms with Crippen molar-refractivity contribution in [1.29, 1.82) is 0 Å². The third kappa shape index (κ3) is 3.99. The van der Waals surface area contributed by atoms with E-state index in [1.54, 1.807) is 26.0 Å². The summed E-state index contributed by atoms with van der Waals surface area (Å²) in [6.45, 7) is 5.75. The molecule has 1 aromatic rings. The second kappa shape index (κ2) is 6.75. The highest BCUT2D eigenvalue weighted by Crippen LogP contribution is 2.29. The minimum atomic E-state index is -0.644. The Morgan fingerprint density at radius 2 is 2.17 bits per heavy atom. The van der Waals surface area contributed by atoms with Crippen molar-refractivity contribution >= 4 is 21.8 Å². The van der Waals surface area contributed by atoms with Crippen LogP contribution in [-0.4, -0.2) is 23.7 Å². The van der Waals surface area contributed by atoms with Crippen LogP contribution in [0.25, 0.3) is 0 Å². The van der Waals surface area contributed by atoms with E-state index in [4.69, 9.17) is 4.74 Å². The van der Waals surface area contributed by atoms with Crippen LogP contribution in [-0.2, 0) is 4.79 Å². The van der Waals surface area contributed by atoms with Gasteiger partial charge in [0.2, 0.25) is 0 Å². The molecule has 0 aromatic heterocycles. The van der Waals surface area contributed by atoms with Gasteiger partial charge in [0.25, 0.3) is 5.91 Å². The van der Waals surface area contributed by atoms with E-state index in [9.17, 15) is 9.90 Å². The van der Waals surface area contributed by atoms with E-state index in [-0.39, 0.29) is 5.91 Å². The van der Waals surface area contributed by atoms with Gasteiger partial charge < -0.3 is 15.2 Å². The number of ether oxygens (including phenoxy) is 1. The molecule has 1 rings (SSSR count). The van der Waals surface area contributed by atoms with E-state index >= 15 is 0 Å². The first-order valence-corrected chi connectivity index (χ1v) is 6.66. The zero-order chi connectivity index (χ0) is 13.7. The third-order valence-corrected chi connectivity index (χ3v) is 2.94. The number of amides is 1. The average Bonchev–Trinajstić information content (AvgIpc) is 2.28. The van der Waals surface area contributed by atoms with Crippen molar-refractivity contribution in [2.75, 3.05) is 6.54 Å². The molecule has 0 fully saturated rings. The topological polar surface area (TPSA) is 58.6 Å². The summed E-state index contributed by atoms with van der Waals surface area (Å²) >= 11 is 3.34. The van der Waals surface area contributed by atoms with E-state index in [0.29, 0.717) is 17.9 Å². The fraction of sp³-hybridized carbons (Fsp3) is 0.462. The van der Waals surface area contributed by atoms with Gasteiger partial charge in [0.05, 0.1) is 6.10 Å². The molecule has 0 radical (unpaired) electrons. The lowest BCUT2D eigenvalue weighted by Crippen LogP contribution is -2.36. The Balaban J connectivity index is 2.88. The zero-order valence-electron chi connectivity index (χ0n) is 10.7. The summed E-state index contributed by atoms with van der Waals surface area (Å²) in [5, 5.41) is 12.3. The maximum atomic E-state index is 11.6. The number of carbonyl (C=O) groups excluding carboxylic acids is 1. The van der Waals surface area contributed by atoms with Crippen molar-refractivity contribution in [2.45, 2.75) is 33.0 Å². The van der Waals surface area contributed by atoms with Gasteiger partial charge in [-0.3, -0.25) is 4.79 Å². The number of hydrogen-bond donors (Lipinski definition) is 2. The number of hydrogen-bond acceptors (Lipinski definition) is 3. The van der Waals surface area contributed by atoms with Crippen LogP contribution in [0.5, 0.6) is 5.75 Å². The minimum Gasteiger partial charge on any atom is -0.480 e. The van der Waals surface area contributed by atoms with E-state index < -0.39 is 12.2 Å². The molecule has 0 bridgehead atoms. The number of likely N-dealkylation sites (N-methyl/N-ethyl adjacent to an activating group) is 1. The number of aliphatic hydroxyl groups is 1. The number of rotatable bonds is 5. The molecule has 1 amide bonds. The Labute approximate surface area is 115 Å². The molecule has 0 aliphatic heterocycles. The highest BCUT2D eigenvalue weighted by atomic mass is 79.9. The van der Waals surface area contributed by atoms with Crippen molar-refractivity contribution in [3.63, 3.8) is 0 Å². The molecule has 2 N–H and O–H groups in total. The van der Waals surface area contributed by atoms with Crippen molar-refractivity contribution in [2.24, 2.45) is 0 Å². The standard InChI is InChI=1S/C13H18BrNO3/c1-4-15-13(17)9(3)18-12-7-10(14)5-6-11(12)8(2)16/h5-9,16H,4H2,1-3H3,(H,15,17)/t8-,9?/m1/s1. The van der Waals surface area contributed by atoms with Gasteiger partial charge in [-0.25, -0.2) is 0 Å². The van der Waals surface area contributed by atoms with E-state index in [0.717, 1.165) is 4.47 Å². The van der Waals surface area contributed by atoms with Crippen LogP contribution in [0.1, 0.15) is 32.4 Å². The lowest BCUT2D eigenvalue weighted by Gasteiger charge is -2.18. The normalized spacial score (nSPS) is 13.8. The first-order chi connectivity index (χ1) is 8.45. The fourth-order valence-corrected chi connectivity index (χ4v) is 1.86. The first-order valence-electron chi connectivity index (χ1n) is 5.87. The average molecular weight is 316 g/mol. The molecule has 100 valence electrons. The second-order valence-electron chi connectivity index (χ2n) is 4.01. The van der Waals surface area contributed by atoms with Crippen molar-refractivity contribution < 1.29 is 14.6 Å². The van der Waals surface area contributed by atoms with Crippen LogP contribution in [0, 0.1) is 0 Å². The molecule has 1 unspecified atom stereocenters. The maximum absolute atomic E-state index is 11.6. The molecule has 0 saturated heterocycles. The van der Waals surface area contributed by atoms with Crippen LogP contribution in [0.2, 0.25) is 0 Å². The Hall–Kier alpha value is -1.07. The van der Waals surface area contributed by atoms with Crippen LogP contribution in [0.4, 0.5) is 0 Å². The largest absolute Gasteiger partial charge is 0.480 e. The number of carbonyl (C=O) groups is 1. The van der Waals surface area contributed by atoms with Gasteiger partial charge in [0.1, 0.15) is 5.75 Å². The summed E-state index contributed by atoms with van der Waals surface area (Å²) < 4.78 is 6.44. The molecule has 0 aliphatic rings. The highest BCUT2D eigenvalue weighted by Gasteiger charge is 2.17. The molecule has 0 saturated carbocycles. The predicted octanol–water partition coefficient (Wildman–Crippen LogP) is 2.41. The van der Waals surface area contributed by atoms with Crippen LogP contribution >= 0.6 is 15.9 Å². The molecule has 18 heavy (non-hydrogen) atoms. The summed E-state index contributed by atoms with van der Waals surface area (Å²) in [7, 11) is 0. The summed E-state index contributed by atoms with van der Waals surface area (Å²) in [5.41, 5.74) is 0.661. The highest BCUT2D eigenvalue weighted by molar-refractivity contribution is 9.10. The number of benzene rings is 1. The van der Waals surface area contributed by atoms with Crippen LogP contribution < -0.4 is 10.1 Å². The maximum Gasteiger partial charge on any atom is 0.260 e. The predicted molar refractivity (Wildman–Crippen MR) is 73.5 cm³/mol. The summed E-state index contributed by atoms with van der Waals surface area (Å²) in [4.78, 5) is 11.6. The van der Waals surface area contributed by atoms with Gasteiger partial charge in [-0.15, -0.1) is 0 Å². The Bertz CT molecular complexity index is 421. The van der Waals surface area contributed by atoms with Gasteiger partial charge in [-0.05, 0) is 32.9 Å². The van der Waals surface area contributed by atoms with Gasteiger partial charge in [-0.1, -0.05) is 22.0 Å². The van der Waals surface area contributed by atoms with Crippen LogP contribution in [0.3, 0.4) is 0 Å². The lowest BCUT2D eigenvalue weighted by molar-refractivity contribution is -0.127. The molecule has 5 heteroatoms. The second-order valence-corrected chi connectivity index (χ2v) is 4.93. The van der Waals surface area contributed by atoms with E-state index in [1.165, 1.54) is 0 Å². The molecule has 4 nitrogen and oxygen atoms in total. The molecular formula is C13H18BrNO3. The zero-order valence-corrected chi connectivity index (χ0v) is 12.3. The first kappa shape index (κ1) is 15.0. The number of aliphatic hydroxyl groups excluding tert-OH is 1. The Morgan fingerprint density at radius 1 is 1.50 bits per heavy atom. The van der Waals surface area contributed by atoms with Gasteiger partial charge in [0, 0.05) is 16.6 Å². The molecule has 0 spiro atoms. The van der Waals surface area contributed by atoms with Crippen molar-refractivity contribution in [1.82, 2.24) is 5.32 Å². The number of halogens is 1.